The maximum Gasteiger partial charge on any atom is 0.297 e. The fourth-order valence-corrected chi connectivity index (χ4v) is 2.47. The van der Waals surface area contributed by atoms with E-state index in [0.29, 0.717) is 0 Å². The summed E-state index contributed by atoms with van der Waals surface area (Å²) < 4.78 is 0.995. The molecule has 9 heteroatoms. The zero-order valence-electron chi connectivity index (χ0n) is 14.8. The van der Waals surface area contributed by atoms with Gasteiger partial charge in [0.05, 0.1) is 4.92 Å². The highest BCUT2D eigenvalue weighted by Gasteiger charge is 2.19. The first-order valence-electron chi connectivity index (χ1n) is 7.76. The minimum atomic E-state index is -0.628. The molecule has 0 radical (unpaired) electrons. The highest BCUT2D eigenvalue weighted by atomic mass is 16.6. The van der Waals surface area contributed by atoms with E-state index in [-0.39, 0.29) is 34.7 Å². The Bertz CT molecular complexity index is 1030. The highest BCUT2D eigenvalue weighted by molar-refractivity contribution is 5.61. The average Bonchev–Trinajstić information content (AvgIpc) is 2.58. The Hall–Kier alpha value is -3.54. The van der Waals surface area contributed by atoms with Crippen molar-refractivity contribution in [2.45, 2.75) is 34.2 Å². The van der Waals surface area contributed by atoms with E-state index < -0.39 is 16.4 Å². The molecular formula is C17H17N5O4. The number of aromatic nitrogens is 1. The molecule has 0 unspecified atom stereocenters. The van der Waals surface area contributed by atoms with Crippen molar-refractivity contribution in [1.82, 2.24) is 4.57 Å². The first kappa shape index (κ1) is 18.8. The first-order chi connectivity index (χ1) is 12.2. The van der Waals surface area contributed by atoms with Gasteiger partial charge < -0.3 is 5.11 Å². The number of aromatic hydroxyl groups is 1. The van der Waals surface area contributed by atoms with Crippen molar-refractivity contribution in [3.63, 3.8) is 0 Å². The summed E-state index contributed by atoms with van der Waals surface area (Å²) >= 11 is 0. The molecule has 0 spiro atoms. The van der Waals surface area contributed by atoms with Crippen LogP contribution in [0.15, 0.2) is 27.2 Å². The van der Waals surface area contributed by atoms with Crippen LogP contribution in [0.2, 0.25) is 0 Å². The predicted molar refractivity (Wildman–Crippen MR) is 94.2 cm³/mol. The molecule has 0 aliphatic rings. The Kier molecular flexibility index (Phi) is 5.16. The van der Waals surface area contributed by atoms with Gasteiger partial charge in [0, 0.05) is 18.2 Å². The third-order valence-corrected chi connectivity index (χ3v) is 4.13. The summed E-state index contributed by atoms with van der Waals surface area (Å²) in [5.74, 6) is -0.436. The van der Waals surface area contributed by atoms with Crippen LogP contribution in [0.4, 0.5) is 17.1 Å². The number of nitrogens with zero attached hydrogens (tertiary/aromatic N) is 5. The Balaban J connectivity index is 2.71. The number of benzene rings is 1. The largest absolute Gasteiger partial charge is 0.493 e. The fourth-order valence-electron chi connectivity index (χ4n) is 2.47. The van der Waals surface area contributed by atoms with Crippen LogP contribution in [-0.2, 0) is 6.54 Å². The van der Waals surface area contributed by atoms with E-state index in [1.165, 1.54) is 19.1 Å². The quantitative estimate of drug-likeness (QED) is 0.507. The van der Waals surface area contributed by atoms with Gasteiger partial charge >= 0.3 is 0 Å². The molecule has 1 aromatic carbocycles. The van der Waals surface area contributed by atoms with Crippen LogP contribution < -0.4 is 5.56 Å². The van der Waals surface area contributed by atoms with Crippen LogP contribution in [0, 0.1) is 42.2 Å². The van der Waals surface area contributed by atoms with E-state index >= 15 is 0 Å². The van der Waals surface area contributed by atoms with E-state index in [1.807, 2.05) is 6.07 Å². The monoisotopic (exact) mass is 355 g/mol. The second-order valence-corrected chi connectivity index (χ2v) is 5.72. The number of hydrogen-bond acceptors (Lipinski definition) is 7. The third kappa shape index (κ3) is 3.17. The molecule has 1 aromatic heterocycles. The molecule has 1 heterocycles. The van der Waals surface area contributed by atoms with Crippen molar-refractivity contribution >= 4 is 17.1 Å². The second kappa shape index (κ2) is 7.14. The first-order valence-corrected chi connectivity index (χ1v) is 7.76. The van der Waals surface area contributed by atoms with E-state index in [1.54, 1.807) is 20.8 Å². The third-order valence-electron chi connectivity index (χ3n) is 4.13. The Morgan fingerprint density at radius 2 is 1.88 bits per heavy atom. The van der Waals surface area contributed by atoms with Crippen LogP contribution in [0.1, 0.15) is 29.2 Å². The van der Waals surface area contributed by atoms with Gasteiger partial charge in [-0.2, -0.15) is 5.26 Å². The molecule has 0 fully saturated rings. The van der Waals surface area contributed by atoms with Gasteiger partial charge in [-0.3, -0.25) is 19.5 Å². The van der Waals surface area contributed by atoms with Crippen molar-refractivity contribution in [3.05, 3.63) is 54.9 Å². The lowest BCUT2D eigenvalue weighted by molar-refractivity contribution is -0.384. The molecule has 1 N–H and O–H groups in total. The molecule has 26 heavy (non-hydrogen) atoms. The summed E-state index contributed by atoms with van der Waals surface area (Å²) in [6.07, 6.45) is 0. The molecule has 2 rings (SSSR count). The van der Waals surface area contributed by atoms with Gasteiger partial charge in [-0.05, 0) is 44.9 Å². The van der Waals surface area contributed by atoms with Crippen molar-refractivity contribution in [2.75, 3.05) is 0 Å². The summed E-state index contributed by atoms with van der Waals surface area (Å²) in [5, 5.41) is 38.2. The van der Waals surface area contributed by atoms with E-state index in [2.05, 4.69) is 10.2 Å². The van der Waals surface area contributed by atoms with Gasteiger partial charge in [-0.25, -0.2) is 0 Å². The van der Waals surface area contributed by atoms with Crippen molar-refractivity contribution in [1.29, 1.82) is 5.26 Å². The lowest BCUT2D eigenvalue weighted by Gasteiger charge is -2.10. The van der Waals surface area contributed by atoms with Crippen LogP contribution >= 0.6 is 0 Å². The number of pyridine rings is 1. The van der Waals surface area contributed by atoms with Gasteiger partial charge in [-0.1, -0.05) is 0 Å². The summed E-state index contributed by atoms with van der Waals surface area (Å²) in [6, 6.07) is 4.73. The van der Waals surface area contributed by atoms with Gasteiger partial charge in [0.15, 0.2) is 11.4 Å². The summed E-state index contributed by atoms with van der Waals surface area (Å²) in [5.41, 5.74) is 0.596. The molecule has 0 amide bonds. The Labute approximate surface area is 149 Å². The van der Waals surface area contributed by atoms with Gasteiger partial charge in [0.2, 0.25) is 5.88 Å². The minimum Gasteiger partial charge on any atom is -0.493 e. The summed E-state index contributed by atoms with van der Waals surface area (Å²) in [7, 11) is 0. The number of nitro benzene ring substituents is 1. The predicted octanol–water partition coefficient (Wildman–Crippen LogP) is 3.69. The lowest BCUT2D eigenvalue weighted by atomic mass is 10.1. The highest BCUT2D eigenvalue weighted by Crippen LogP contribution is 2.32. The minimum absolute atomic E-state index is 0.00605. The summed E-state index contributed by atoms with van der Waals surface area (Å²) in [6.45, 7) is 6.75. The molecule has 0 atom stereocenters. The molecule has 9 nitrogen and oxygen atoms in total. The maximum absolute atomic E-state index is 12.5. The van der Waals surface area contributed by atoms with Crippen molar-refractivity contribution in [3.8, 4) is 11.9 Å². The van der Waals surface area contributed by atoms with Crippen LogP contribution in [-0.4, -0.2) is 14.6 Å². The Morgan fingerprint density at radius 1 is 1.27 bits per heavy atom. The van der Waals surface area contributed by atoms with Gasteiger partial charge in [-0.15, -0.1) is 10.2 Å². The maximum atomic E-state index is 12.5. The SMILES string of the molecule is CCn1c(O)c(C#N)c(C)c(N=Nc2cc(C)c(C)cc2[N+](=O)[O-])c1=O. The van der Waals surface area contributed by atoms with Crippen LogP contribution in [0.25, 0.3) is 0 Å². The van der Waals surface area contributed by atoms with Gasteiger partial charge in [0.25, 0.3) is 11.2 Å². The summed E-state index contributed by atoms with van der Waals surface area (Å²) in [4.78, 5) is 23.1. The topological polar surface area (TPSA) is 134 Å². The number of rotatable bonds is 4. The fraction of sp³-hybridized carbons (Fsp3) is 0.294. The molecule has 0 aliphatic heterocycles. The number of azo groups is 1. The van der Waals surface area contributed by atoms with E-state index in [9.17, 15) is 25.3 Å². The number of hydrogen-bond donors (Lipinski definition) is 1. The molecular weight excluding hydrogens is 338 g/mol. The van der Waals surface area contributed by atoms with E-state index in [4.69, 9.17) is 0 Å². The molecule has 0 saturated heterocycles. The van der Waals surface area contributed by atoms with E-state index in [0.717, 1.165) is 15.7 Å². The van der Waals surface area contributed by atoms with Crippen LogP contribution in [0.3, 0.4) is 0 Å². The zero-order chi connectivity index (χ0) is 19.6. The number of nitriles is 1. The standard InChI is InChI=1S/C17H17N5O4/c1-5-21-16(23)12(8-18)11(4)15(17(21)24)20-19-13-6-9(2)10(3)7-14(13)22(25)26/h6-7,23H,5H2,1-4H3. The van der Waals surface area contributed by atoms with Crippen LogP contribution in [0.5, 0.6) is 5.88 Å². The second-order valence-electron chi connectivity index (χ2n) is 5.72. The molecule has 0 bridgehead atoms. The number of aryl methyl sites for hydroxylation is 2. The van der Waals surface area contributed by atoms with Crippen molar-refractivity contribution < 1.29 is 10.0 Å². The van der Waals surface area contributed by atoms with Gasteiger partial charge in [0.1, 0.15) is 11.6 Å². The molecule has 0 aliphatic carbocycles. The molecule has 2 aromatic rings. The molecule has 0 saturated carbocycles. The lowest BCUT2D eigenvalue weighted by Crippen LogP contribution is -2.20. The average molecular weight is 355 g/mol. The Morgan fingerprint density at radius 3 is 2.42 bits per heavy atom. The number of nitro groups is 1. The molecule has 134 valence electrons. The zero-order valence-corrected chi connectivity index (χ0v) is 14.8. The van der Waals surface area contributed by atoms with Crippen molar-refractivity contribution in [2.24, 2.45) is 10.2 Å². The smallest absolute Gasteiger partial charge is 0.297 e. The normalized spacial score (nSPS) is 10.9.